The fourth-order valence-electron chi connectivity index (χ4n) is 2.53. The molecule has 6 heteroatoms. The second kappa shape index (κ2) is 5.87. The van der Waals surface area contributed by atoms with Crippen LogP contribution in [0.4, 0.5) is 10.6 Å². The number of aryl methyl sites for hydroxylation is 1. The molecule has 1 aliphatic heterocycles. The fourth-order valence-corrected chi connectivity index (χ4v) is 2.53. The third-order valence-electron chi connectivity index (χ3n) is 3.37. The largest absolute Gasteiger partial charge is 0.444 e. The first-order valence-corrected chi connectivity index (χ1v) is 7.33. The first-order valence-electron chi connectivity index (χ1n) is 7.33. The molecule has 1 fully saturated rings. The molecule has 0 radical (unpaired) electrons. The number of hydrogen-bond acceptors (Lipinski definition) is 5. The summed E-state index contributed by atoms with van der Waals surface area (Å²) in [5, 5.41) is 0. The van der Waals surface area contributed by atoms with Crippen LogP contribution in [0.1, 0.15) is 51.0 Å². The summed E-state index contributed by atoms with van der Waals surface area (Å²) in [6, 6.07) is 1.80. The van der Waals surface area contributed by atoms with Gasteiger partial charge in [-0.1, -0.05) is 0 Å². The highest BCUT2D eigenvalue weighted by atomic mass is 16.6. The normalized spacial score (nSPS) is 19.4. The molecule has 0 saturated carbocycles. The first-order chi connectivity index (χ1) is 9.74. The third-order valence-corrected chi connectivity index (χ3v) is 3.37. The molecule has 21 heavy (non-hydrogen) atoms. The lowest BCUT2D eigenvalue weighted by molar-refractivity contribution is 0.0197. The zero-order valence-electron chi connectivity index (χ0n) is 13.2. The van der Waals surface area contributed by atoms with E-state index in [4.69, 9.17) is 10.5 Å². The maximum atomic E-state index is 12.2. The van der Waals surface area contributed by atoms with Crippen molar-refractivity contribution in [3.05, 3.63) is 17.6 Å². The van der Waals surface area contributed by atoms with Crippen LogP contribution in [0, 0.1) is 6.92 Å². The molecule has 0 bridgehead atoms. The van der Waals surface area contributed by atoms with Crippen LogP contribution in [0.2, 0.25) is 0 Å². The molecule has 0 unspecified atom stereocenters. The van der Waals surface area contributed by atoms with E-state index in [1.54, 1.807) is 11.0 Å². The molecule has 1 aromatic rings. The number of nitrogen functional groups attached to an aromatic ring is 1. The number of ether oxygens (including phenoxy) is 1. The molecule has 2 N–H and O–H groups in total. The van der Waals surface area contributed by atoms with E-state index in [-0.39, 0.29) is 12.0 Å². The van der Waals surface area contributed by atoms with Gasteiger partial charge in [-0.05, 0) is 40.5 Å². The monoisotopic (exact) mass is 292 g/mol. The van der Waals surface area contributed by atoms with Crippen molar-refractivity contribution >= 4 is 11.9 Å². The highest BCUT2D eigenvalue weighted by Crippen LogP contribution is 2.27. The minimum absolute atomic E-state index is 0.190. The summed E-state index contributed by atoms with van der Waals surface area (Å²) in [5.74, 6) is 1.33. The highest BCUT2D eigenvalue weighted by Gasteiger charge is 2.29. The SMILES string of the molecule is Cc1nc(N)cc([C@H]2CCCN(C(=O)OC(C)(C)C)C2)n1. The van der Waals surface area contributed by atoms with E-state index >= 15 is 0 Å². The molecule has 1 aromatic heterocycles. The highest BCUT2D eigenvalue weighted by molar-refractivity contribution is 5.68. The van der Waals surface area contributed by atoms with Gasteiger partial charge in [0.15, 0.2) is 0 Å². The lowest BCUT2D eigenvalue weighted by Crippen LogP contribution is -2.42. The van der Waals surface area contributed by atoms with Gasteiger partial charge in [0, 0.05) is 25.1 Å². The van der Waals surface area contributed by atoms with E-state index in [9.17, 15) is 4.79 Å². The van der Waals surface area contributed by atoms with Crippen molar-refractivity contribution < 1.29 is 9.53 Å². The van der Waals surface area contributed by atoms with E-state index in [2.05, 4.69) is 9.97 Å². The Hall–Kier alpha value is -1.85. The average molecular weight is 292 g/mol. The summed E-state index contributed by atoms with van der Waals surface area (Å²) >= 11 is 0. The second-order valence-corrected chi connectivity index (χ2v) is 6.53. The van der Waals surface area contributed by atoms with E-state index in [1.807, 2.05) is 27.7 Å². The van der Waals surface area contributed by atoms with Gasteiger partial charge < -0.3 is 15.4 Å². The van der Waals surface area contributed by atoms with E-state index in [0.717, 1.165) is 25.1 Å². The number of hydrogen-bond donors (Lipinski definition) is 1. The summed E-state index contributed by atoms with van der Waals surface area (Å²) in [6.07, 6.45) is 1.67. The molecule has 2 rings (SSSR count). The Balaban J connectivity index is 2.08. The standard InChI is InChI=1S/C15H24N4O2/c1-10-17-12(8-13(16)18-10)11-6-5-7-19(9-11)14(20)21-15(2,3)4/h8,11H,5-7,9H2,1-4H3,(H2,16,17,18)/t11-/m0/s1. The summed E-state index contributed by atoms with van der Waals surface area (Å²) in [6.45, 7) is 8.80. The van der Waals surface area contributed by atoms with Crippen LogP contribution < -0.4 is 5.73 Å². The molecular weight excluding hydrogens is 268 g/mol. The Bertz CT molecular complexity index is 505. The average Bonchev–Trinajstić information content (AvgIpc) is 2.36. The predicted molar refractivity (Wildman–Crippen MR) is 81.0 cm³/mol. The Morgan fingerprint density at radius 1 is 1.43 bits per heavy atom. The van der Waals surface area contributed by atoms with Gasteiger partial charge in [0.1, 0.15) is 17.2 Å². The molecule has 0 aliphatic carbocycles. The number of rotatable bonds is 1. The van der Waals surface area contributed by atoms with Crippen LogP contribution >= 0.6 is 0 Å². The minimum Gasteiger partial charge on any atom is -0.444 e. The number of amides is 1. The summed E-state index contributed by atoms with van der Waals surface area (Å²) in [5.41, 5.74) is 6.23. The Morgan fingerprint density at radius 3 is 2.76 bits per heavy atom. The topological polar surface area (TPSA) is 81.3 Å². The molecule has 1 atom stereocenters. The molecule has 116 valence electrons. The summed E-state index contributed by atoms with van der Waals surface area (Å²) < 4.78 is 5.44. The van der Waals surface area contributed by atoms with Crippen LogP contribution in [0.25, 0.3) is 0 Å². The smallest absolute Gasteiger partial charge is 0.410 e. The van der Waals surface area contributed by atoms with Crippen LogP contribution in [-0.2, 0) is 4.74 Å². The van der Waals surface area contributed by atoms with Crippen LogP contribution in [-0.4, -0.2) is 39.7 Å². The number of piperidine rings is 1. The van der Waals surface area contributed by atoms with Crippen molar-refractivity contribution in [1.29, 1.82) is 0 Å². The van der Waals surface area contributed by atoms with Gasteiger partial charge in [0.2, 0.25) is 0 Å². The van der Waals surface area contributed by atoms with Gasteiger partial charge in [-0.15, -0.1) is 0 Å². The summed E-state index contributed by atoms with van der Waals surface area (Å²) in [7, 11) is 0. The number of likely N-dealkylation sites (tertiary alicyclic amines) is 1. The zero-order valence-corrected chi connectivity index (χ0v) is 13.2. The second-order valence-electron chi connectivity index (χ2n) is 6.53. The maximum absolute atomic E-state index is 12.2. The summed E-state index contributed by atoms with van der Waals surface area (Å²) in [4.78, 5) is 22.5. The van der Waals surface area contributed by atoms with Crippen LogP contribution in [0.3, 0.4) is 0 Å². The molecule has 0 spiro atoms. The zero-order chi connectivity index (χ0) is 15.6. The van der Waals surface area contributed by atoms with Crippen LogP contribution in [0.5, 0.6) is 0 Å². The number of aromatic nitrogens is 2. The lowest BCUT2D eigenvalue weighted by Gasteiger charge is -2.34. The maximum Gasteiger partial charge on any atom is 0.410 e. The van der Waals surface area contributed by atoms with Gasteiger partial charge in [0.05, 0.1) is 5.69 Å². The number of anilines is 1. The molecule has 6 nitrogen and oxygen atoms in total. The van der Waals surface area contributed by atoms with E-state index in [1.165, 1.54) is 0 Å². The molecule has 1 saturated heterocycles. The van der Waals surface area contributed by atoms with E-state index in [0.29, 0.717) is 18.2 Å². The molecule has 1 amide bonds. The van der Waals surface area contributed by atoms with Gasteiger partial charge >= 0.3 is 6.09 Å². The number of carbonyl (C=O) groups is 1. The number of nitrogens with two attached hydrogens (primary N) is 1. The van der Waals surface area contributed by atoms with Gasteiger partial charge in [-0.25, -0.2) is 14.8 Å². The van der Waals surface area contributed by atoms with Crippen molar-refractivity contribution in [3.8, 4) is 0 Å². The number of nitrogens with zero attached hydrogens (tertiary/aromatic N) is 3. The van der Waals surface area contributed by atoms with Crippen molar-refractivity contribution in [1.82, 2.24) is 14.9 Å². The van der Waals surface area contributed by atoms with E-state index < -0.39 is 5.60 Å². The van der Waals surface area contributed by atoms with Crippen LogP contribution in [0.15, 0.2) is 6.07 Å². The fraction of sp³-hybridized carbons (Fsp3) is 0.667. The van der Waals surface area contributed by atoms with Crippen molar-refractivity contribution in [2.45, 2.75) is 52.1 Å². The molecule has 0 aromatic carbocycles. The molecular formula is C15H24N4O2. The quantitative estimate of drug-likeness (QED) is 0.860. The Kier molecular flexibility index (Phi) is 4.34. The molecule has 1 aliphatic rings. The van der Waals surface area contributed by atoms with Gasteiger partial charge in [-0.3, -0.25) is 0 Å². The Morgan fingerprint density at radius 2 is 2.14 bits per heavy atom. The van der Waals surface area contributed by atoms with Crippen molar-refractivity contribution in [2.75, 3.05) is 18.8 Å². The minimum atomic E-state index is -0.472. The van der Waals surface area contributed by atoms with Gasteiger partial charge in [0.25, 0.3) is 0 Å². The predicted octanol–water partition coefficient (Wildman–Crippen LogP) is 2.48. The molecule has 2 heterocycles. The van der Waals surface area contributed by atoms with Crippen molar-refractivity contribution in [2.24, 2.45) is 0 Å². The van der Waals surface area contributed by atoms with Gasteiger partial charge in [-0.2, -0.15) is 0 Å². The first kappa shape index (κ1) is 15.5. The Labute approximate surface area is 125 Å². The number of carbonyl (C=O) groups excluding carboxylic acids is 1. The third kappa shape index (κ3) is 4.31. The lowest BCUT2D eigenvalue weighted by atomic mass is 9.94. The van der Waals surface area contributed by atoms with Crippen molar-refractivity contribution in [3.63, 3.8) is 0 Å².